The van der Waals surface area contributed by atoms with Crippen molar-refractivity contribution in [2.45, 2.75) is 25.7 Å². The molecule has 0 unspecified atom stereocenters. The van der Waals surface area contributed by atoms with E-state index in [1.165, 1.54) is 13.1 Å². The molecule has 0 aliphatic heterocycles. The normalized spacial score (nSPS) is 12.6. The molecular formula is C15H22F4N4. The van der Waals surface area contributed by atoms with Crippen LogP contribution in [0, 0.1) is 5.82 Å². The van der Waals surface area contributed by atoms with E-state index in [0.717, 1.165) is 5.56 Å². The third-order valence-electron chi connectivity index (χ3n) is 2.98. The zero-order valence-electron chi connectivity index (χ0n) is 13.5. The topological polar surface area (TPSA) is 39.7 Å². The van der Waals surface area contributed by atoms with Crippen LogP contribution in [-0.4, -0.2) is 44.7 Å². The van der Waals surface area contributed by atoms with Gasteiger partial charge in [0.1, 0.15) is 5.82 Å². The molecular weight excluding hydrogens is 312 g/mol. The Hall–Kier alpha value is -1.83. The van der Waals surface area contributed by atoms with Gasteiger partial charge in [0.2, 0.25) is 0 Å². The van der Waals surface area contributed by atoms with Crippen molar-refractivity contribution in [1.29, 1.82) is 0 Å². The Kier molecular flexibility index (Phi) is 7.28. The minimum absolute atomic E-state index is 0.252. The van der Waals surface area contributed by atoms with Gasteiger partial charge in [-0.3, -0.25) is 4.99 Å². The van der Waals surface area contributed by atoms with Crippen molar-refractivity contribution in [3.8, 4) is 0 Å². The number of halogens is 4. The van der Waals surface area contributed by atoms with Gasteiger partial charge in [-0.2, -0.15) is 13.2 Å². The Morgan fingerprint density at radius 2 is 1.91 bits per heavy atom. The lowest BCUT2D eigenvalue weighted by atomic mass is 10.1. The van der Waals surface area contributed by atoms with Crippen LogP contribution in [0.25, 0.3) is 0 Å². The van der Waals surface area contributed by atoms with E-state index < -0.39 is 12.6 Å². The van der Waals surface area contributed by atoms with Gasteiger partial charge in [-0.05, 0) is 31.8 Å². The van der Waals surface area contributed by atoms with Crippen LogP contribution in [-0.2, 0) is 13.1 Å². The number of nitrogens with one attached hydrogen (secondary N) is 2. The highest BCUT2D eigenvalue weighted by Crippen LogP contribution is 2.18. The lowest BCUT2D eigenvalue weighted by molar-refractivity contribution is -0.132. The van der Waals surface area contributed by atoms with Gasteiger partial charge in [-0.1, -0.05) is 6.07 Å². The molecule has 130 valence electrons. The lowest BCUT2D eigenvalue weighted by Gasteiger charge is -2.15. The SMILES string of the molecule is CN=C(NCCC(F)(F)F)NCc1ccc(F)c(CN(C)C)c1. The average Bonchev–Trinajstić information content (AvgIpc) is 2.44. The van der Waals surface area contributed by atoms with Crippen LogP contribution >= 0.6 is 0 Å². The van der Waals surface area contributed by atoms with E-state index >= 15 is 0 Å². The molecule has 0 amide bonds. The number of alkyl halides is 3. The Balaban J connectivity index is 2.55. The van der Waals surface area contributed by atoms with Gasteiger partial charge in [-0.15, -0.1) is 0 Å². The molecule has 0 heterocycles. The lowest BCUT2D eigenvalue weighted by Crippen LogP contribution is -2.38. The zero-order chi connectivity index (χ0) is 17.5. The fraction of sp³-hybridized carbons (Fsp3) is 0.533. The maximum absolute atomic E-state index is 13.7. The van der Waals surface area contributed by atoms with Crippen molar-refractivity contribution in [1.82, 2.24) is 15.5 Å². The average molecular weight is 334 g/mol. The molecule has 23 heavy (non-hydrogen) atoms. The van der Waals surface area contributed by atoms with E-state index in [2.05, 4.69) is 15.6 Å². The molecule has 2 N–H and O–H groups in total. The molecule has 0 radical (unpaired) electrons. The summed E-state index contributed by atoms with van der Waals surface area (Å²) < 4.78 is 50.0. The van der Waals surface area contributed by atoms with E-state index in [-0.39, 0.29) is 18.3 Å². The predicted molar refractivity (Wildman–Crippen MR) is 82.7 cm³/mol. The third kappa shape index (κ3) is 7.83. The van der Waals surface area contributed by atoms with E-state index in [4.69, 9.17) is 0 Å². The first kappa shape index (κ1) is 19.2. The first-order chi connectivity index (χ1) is 10.7. The van der Waals surface area contributed by atoms with Gasteiger partial charge < -0.3 is 15.5 Å². The summed E-state index contributed by atoms with van der Waals surface area (Å²) in [6.45, 7) is 0.559. The number of benzene rings is 1. The molecule has 0 fully saturated rings. The van der Waals surface area contributed by atoms with Crippen molar-refractivity contribution in [3.63, 3.8) is 0 Å². The van der Waals surface area contributed by atoms with E-state index in [1.807, 2.05) is 19.0 Å². The highest BCUT2D eigenvalue weighted by Gasteiger charge is 2.26. The number of guanidine groups is 1. The number of nitrogens with zero attached hydrogens (tertiary/aromatic N) is 2. The van der Waals surface area contributed by atoms with Crippen LogP contribution in [0.15, 0.2) is 23.2 Å². The Bertz CT molecular complexity index is 527. The number of aliphatic imine (C=N–C) groups is 1. The first-order valence-corrected chi connectivity index (χ1v) is 7.14. The molecule has 8 heteroatoms. The van der Waals surface area contributed by atoms with Crippen molar-refractivity contribution < 1.29 is 17.6 Å². The minimum atomic E-state index is -4.20. The molecule has 0 atom stereocenters. The standard InChI is InChI=1S/C15H22F4N4/c1-20-14(21-7-6-15(17,18)19)22-9-11-4-5-13(16)12(8-11)10-23(2)3/h4-5,8H,6-7,9-10H2,1-3H3,(H2,20,21,22). The second-order valence-electron chi connectivity index (χ2n) is 5.38. The van der Waals surface area contributed by atoms with Gasteiger partial charge in [0.05, 0.1) is 6.42 Å². The minimum Gasteiger partial charge on any atom is -0.356 e. The van der Waals surface area contributed by atoms with Gasteiger partial charge in [0.25, 0.3) is 0 Å². The summed E-state index contributed by atoms with van der Waals surface area (Å²) in [5.41, 5.74) is 1.39. The van der Waals surface area contributed by atoms with Crippen LogP contribution in [0.3, 0.4) is 0 Å². The summed E-state index contributed by atoms with van der Waals surface area (Å²) in [7, 11) is 5.17. The molecule has 0 aliphatic carbocycles. The summed E-state index contributed by atoms with van der Waals surface area (Å²) in [6, 6.07) is 4.74. The number of rotatable bonds is 6. The van der Waals surface area contributed by atoms with Crippen LogP contribution in [0.4, 0.5) is 17.6 Å². The quantitative estimate of drug-likeness (QED) is 0.477. The van der Waals surface area contributed by atoms with Crippen molar-refractivity contribution in [2.75, 3.05) is 27.7 Å². The maximum Gasteiger partial charge on any atom is 0.390 e. The fourth-order valence-corrected chi connectivity index (χ4v) is 1.93. The zero-order valence-corrected chi connectivity index (χ0v) is 13.5. The molecule has 0 saturated heterocycles. The molecule has 4 nitrogen and oxygen atoms in total. The monoisotopic (exact) mass is 334 g/mol. The van der Waals surface area contributed by atoms with Gasteiger partial charge in [-0.25, -0.2) is 4.39 Å². The van der Waals surface area contributed by atoms with E-state index in [0.29, 0.717) is 18.7 Å². The van der Waals surface area contributed by atoms with Crippen molar-refractivity contribution >= 4 is 5.96 Å². The summed E-state index contributed by atoms with van der Waals surface area (Å²) in [5, 5.41) is 5.50. The number of hydrogen-bond donors (Lipinski definition) is 2. The molecule has 1 rings (SSSR count). The van der Waals surface area contributed by atoms with Crippen molar-refractivity contribution in [2.24, 2.45) is 4.99 Å². The van der Waals surface area contributed by atoms with Crippen molar-refractivity contribution in [3.05, 3.63) is 35.1 Å². The second-order valence-corrected chi connectivity index (χ2v) is 5.38. The van der Waals surface area contributed by atoms with Crippen LogP contribution < -0.4 is 10.6 Å². The largest absolute Gasteiger partial charge is 0.390 e. The van der Waals surface area contributed by atoms with Gasteiger partial charge in [0.15, 0.2) is 5.96 Å². The molecule has 0 saturated carbocycles. The fourth-order valence-electron chi connectivity index (χ4n) is 1.93. The summed E-state index contributed by atoms with van der Waals surface area (Å²) in [6.07, 6.45) is -5.14. The third-order valence-corrected chi connectivity index (χ3v) is 2.98. The molecule has 1 aromatic rings. The van der Waals surface area contributed by atoms with Crippen LogP contribution in [0.5, 0.6) is 0 Å². The predicted octanol–water partition coefficient (Wildman–Crippen LogP) is 2.50. The second kappa shape index (κ2) is 8.71. The molecule has 1 aromatic carbocycles. The highest BCUT2D eigenvalue weighted by atomic mass is 19.4. The highest BCUT2D eigenvalue weighted by molar-refractivity contribution is 5.79. The smallest absolute Gasteiger partial charge is 0.356 e. The summed E-state index contributed by atoms with van der Waals surface area (Å²) in [4.78, 5) is 5.71. The molecule has 0 aromatic heterocycles. The van der Waals surface area contributed by atoms with E-state index in [1.54, 1.807) is 12.1 Å². The van der Waals surface area contributed by atoms with Crippen LogP contribution in [0.2, 0.25) is 0 Å². The summed E-state index contributed by atoms with van der Waals surface area (Å²) in [5.74, 6) is -0.0112. The first-order valence-electron chi connectivity index (χ1n) is 7.14. The molecule has 0 spiro atoms. The van der Waals surface area contributed by atoms with Crippen LogP contribution in [0.1, 0.15) is 17.5 Å². The number of hydrogen-bond acceptors (Lipinski definition) is 2. The maximum atomic E-state index is 13.7. The Labute approximate surface area is 133 Å². The van der Waals surface area contributed by atoms with E-state index in [9.17, 15) is 17.6 Å². The Morgan fingerprint density at radius 3 is 2.48 bits per heavy atom. The summed E-state index contributed by atoms with van der Waals surface area (Å²) >= 11 is 0. The van der Waals surface area contributed by atoms with Gasteiger partial charge in [0, 0.05) is 32.2 Å². The Morgan fingerprint density at radius 1 is 1.22 bits per heavy atom. The van der Waals surface area contributed by atoms with Gasteiger partial charge >= 0.3 is 6.18 Å². The molecule has 0 aliphatic rings. The molecule has 0 bridgehead atoms.